The molecule has 1 N–H and O–H groups in total. The molecule has 0 aliphatic rings. The molecule has 0 spiro atoms. The van der Waals surface area contributed by atoms with Crippen molar-refractivity contribution in [2.75, 3.05) is 0 Å². The topological polar surface area (TPSA) is 63.1 Å². The number of aromatic nitrogens is 4. The molecule has 0 unspecified atom stereocenters. The summed E-state index contributed by atoms with van der Waals surface area (Å²) in [5.74, 6) is -0.0676. The van der Waals surface area contributed by atoms with Crippen LogP contribution in [0.2, 0.25) is 0 Å². The van der Waals surface area contributed by atoms with Crippen molar-refractivity contribution in [1.29, 1.82) is 0 Å². The summed E-state index contributed by atoms with van der Waals surface area (Å²) in [6, 6.07) is 3.10. The van der Waals surface area contributed by atoms with Gasteiger partial charge in [0.1, 0.15) is 5.69 Å². The van der Waals surface area contributed by atoms with Crippen LogP contribution in [-0.4, -0.2) is 25.6 Å². The summed E-state index contributed by atoms with van der Waals surface area (Å²) in [6.07, 6.45) is -0.199. The number of hydrogen-bond acceptors (Lipinski definition) is 3. The fraction of sp³-hybridized carbons (Fsp3) is 0.214. The number of H-pyrrole nitrogens is 1. The summed E-state index contributed by atoms with van der Waals surface area (Å²) in [4.78, 5) is 11.8. The molecule has 8 heteroatoms. The Labute approximate surface area is 122 Å². The van der Waals surface area contributed by atoms with E-state index in [0.717, 1.165) is 6.20 Å². The van der Waals surface area contributed by atoms with E-state index in [0.29, 0.717) is 23.1 Å². The molecule has 3 rings (SSSR count). The Kier molecular flexibility index (Phi) is 3.23. The zero-order valence-electron chi connectivity index (χ0n) is 11.5. The minimum absolute atomic E-state index is 0.0618. The Bertz CT molecular complexity index is 847. The predicted molar refractivity (Wildman–Crippen MR) is 72.4 cm³/mol. The van der Waals surface area contributed by atoms with Gasteiger partial charge in [0.25, 0.3) is 0 Å². The third-order valence-electron chi connectivity index (χ3n) is 3.37. The van der Waals surface area contributed by atoms with Gasteiger partial charge in [0.15, 0.2) is 5.78 Å². The highest BCUT2D eigenvalue weighted by Gasteiger charge is 2.36. The van der Waals surface area contributed by atoms with Crippen molar-refractivity contribution in [3.63, 3.8) is 0 Å². The molecule has 0 aliphatic carbocycles. The number of pyridine rings is 1. The van der Waals surface area contributed by atoms with Gasteiger partial charge in [-0.2, -0.15) is 23.4 Å². The molecule has 3 heterocycles. The van der Waals surface area contributed by atoms with Crippen LogP contribution in [0.25, 0.3) is 16.6 Å². The van der Waals surface area contributed by atoms with Crippen LogP contribution in [-0.2, 0) is 6.18 Å². The van der Waals surface area contributed by atoms with Crippen molar-refractivity contribution in [3.8, 4) is 11.1 Å². The average Bonchev–Trinajstić information content (AvgIpc) is 3.11. The van der Waals surface area contributed by atoms with E-state index in [9.17, 15) is 18.0 Å². The van der Waals surface area contributed by atoms with Crippen molar-refractivity contribution in [3.05, 3.63) is 42.0 Å². The Morgan fingerprint density at radius 3 is 2.77 bits per heavy atom. The van der Waals surface area contributed by atoms with Crippen LogP contribution in [0, 0.1) is 0 Å². The van der Waals surface area contributed by atoms with Crippen LogP contribution < -0.4 is 0 Å². The average molecular weight is 308 g/mol. The fourth-order valence-electron chi connectivity index (χ4n) is 2.27. The molecule has 0 fully saturated rings. The largest absolute Gasteiger partial charge is 0.433 e. The first-order valence-electron chi connectivity index (χ1n) is 6.53. The highest BCUT2D eigenvalue weighted by Crippen LogP contribution is 2.35. The maximum atomic E-state index is 12.9. The summed E-state index contributed by atoms with van der Waals surface area (Å²) < 4.78 is 40.1. The third-order valence-corrected chi connectivity index (χ3v) is 3.37. The molecule has 0 atom stereocenters. The van der Waals surface area contributed by atoms with Gasteiger partial charge < -0.3 is 0 Å². The second-order valence-electron chi connectivity index (χ2n) is 4.74. The molecular weight excluding hydrogens is 297 g/mol. The monoisotopic (exact) mass is 308 g/mol. The number of nitrogens with one attached hydrogen (secondary N) is 1. The molecule has 0 bridgehead atoms. The van der Waals surface area contributed by atoms with Gasteiger partial charge in [-0.3, -0.25) is 9.89 Å². The van der Waals surface area contributed by atoms with E-state index in [-0.39, 0.29) is 11.3 Å². The zero-order chi connectivity index (χ0) is 15.9. The lowest BCUT2D eigenvalue weighted by Crippen LogP contribution is -2.07. The van der Waals surface area contributed by atoms with Gasteiger partial charge in [-0.1, -0.05) is 13.0 Å². The maximum absolute atomic E-state index is 12.9. The van der Waals surface area contributed by atoms with Crippen LogP contribution in [0.5, 0.6) is 0 Å². The standard InChI is InChI=1S/C14H11F3N4O/c1-2-12(22)10-6-19-21-7-8(3-4-11(10)21)9-5-18-20-13(9)14(15,16)17/h3-7H,2H2,1H3,(H,18,20). The van der Waals surface area contributed by atoms with E-state index in [1.165, 1.54) is 23.0 Å². The Morgan fingerprint density at radius 1 is 1.32 bits per heavy atom. The van der Waals surface area contributed by atoms with Gasteiger partial charge in [-0.15, -0.1) is 0 Å². The molecule has 114 valence electrons. The number of Topliss-reactive ketones (excluding diaryl/α,β-unsaturated/α-hetero) is 1. The minimum atomic E-state index is -4.52. The molecule has 0 aliphatic heterocycles. The van der Waals surface area contributed by atoms with E-state index in [1.54, 1.807) is 13.0 Å². The van der Waals surface area contributed by atoms with Gasteiger partial charge in [0.2, 0.25) is 0 Å². The van der Waals surface area contributed by atoms with E-state index in [2.05, 4.69) is 10.2 Å². The first kappa shape index (κ1) is 14.3. The Morgan fingerprint density at radius 2 is 2.09 bits per heavy atom. The van der Waals surface area contributed by atoms with Crippen LogP contribution in [0.15, 0.2) is 30.7 Å². The molecule has 0 saturated heterocycles. The maximum Gasteiger partial charge on any atom is 0.433 e. The molecule has 0 radical (unpaired) electrons. The number of nitrogens with zero attached hydrogens (tertiary/aromatic N) is 3. The number of carbonyl (C=O) groups is 1. The minimum Gasteiger partial charge on any atom is -0.294 e. The number of carbonyl (C=O) groups excluding carboxylic acids is 1. The normalized spacial score (nSPS) is 12.0. The van der Waals surface area contributed by atoms with Crippen LogP contribution >= 0.6 is 0 Å². The summed E-state index contributed by atoms with van der Waals surface area (Å²) >= 11 is 0. The van der Waals surface area contributed by atoms with E-state index in [1.807, 2.05) is 5.10 Å². The number of halogens is 3. The van der Waals surface area contributed by atoms with Gasteiger partial charge in [0.05, 0.1) is 23.5 Å². The van der Waals surface area contributed by atoms with Crippen molar-refractivity contribution < 1.29 is 18.0 Å². The number of fused-ring (bicyclic) bond motifs is 1. The molecule has 0 aromatic carbocycles. The van der Waals surface area contributed by atoms with Crippen LogP contribution in [0.1, 0.15) is 29.4 Å². The van der Waals surface area contributed by atoms with Gasteiger partial charge in [-0.05, 0) is 6.07 Å². The van der Waals surface area contributed by atoms with Crippen molar-refractivity contribution in [2.24, 2.45) is 0 Å². The second-order valence-corrected chi connectivity index (χ2v) is 4.74. The number of rotatable bonds is 3. The van der Waals surface area contributed by atoms with Crippen LogP contribution in [0.3, 0.4) is 0 Å². The third kappa shape index (κ3) is 2.26. The van der Waals surface area contributed by atoms with Gasteiger partial charge >= 0.3 is 6.18 Å². The van der Waals surface area contributed by atoms with Crippen LogP contribution in [0.4, 0.5) is 13.2 Å². The van der Waals surface area contributed by atoms with E-state index in [4.69, 9.17) is 0 Å². The molecule has 5 nitrogen and oxygen atoms in total. The lowest BCUT2D eigenvalue weighted by atomic mass is 10.1. The lowest BCUT2D eigenvalue weighted by molar-refractivity contribution is -0.140. The molecule has 3 aromatic rings. The lowest BCUT2D eigenvalue weighted by Gasteiger charge is -2.07. The number of ketones is 1. The molecule has 22 heavy (non-hydrogen) atoms. The van der Waals surface area contributed by atoms with E-state index < -0.39 is 11.9 Å². The number of hydrogen-bond donors (Lipinski definition) is 1. The van der Waals surface area contributed by atoms with E-state index >= 15 is 0 Å². The van der Waals surface area contributed by atoms with Crippen molar-refractivity contribution in [2.45, 2.75) is 19.5 Å². The van der Waals surface area contributed by atoms with Gasteiger partial charge in [0, 0.05) is 23.7 Å². The second kappa shape index (κ2) is 4.97. The molecule has 0 amide bonds. The highest BCUT2D eigenvalue weighted by molar-refractivity contribution is 6.02. The summed E-state index contributed by atoms with van der Waals surface area (Å²) in [6.45, 7) is 1.74. The summed E-state index contributed by atoms with van der Waals surface area (Å²) in [5.41, 5.74) is 0.356. The molecule has 3 aromatic heterocycles. The predicted octanol–water partition coefficient (Wildman–Crippen LogP) is 3.34. The molecule has 0 saturated carbocycles. The summed E-state index contributed by atoms with van der Waals surface area (Å²) in [7, 11) is 0. The van der Waals surface area contributed by atoms with Crippen molar-refractivity contribution >= 4 is 11.3 Å². The fourth-order valence-corrected chi connectivity index (χ4v) is 2.27. The first-order valence-corrected chi connectivity index (χ1v) is 6.53. The van der Waals surface area contributed by atoms with Gasteiger partial charge in [-0.25, -0.2) is 4.52 Å². The Balaban J connectivity index is 2.11. The number of alkyl halides is 3. The van der Waals surface area contributed by atoms with Crippen molar-refractivity contribution in [1.82, 2.24) is 19.8 Å². The zero-order valence-corrected chi connectivity index (χ0v) is 11.5. The smallest absolute Gasteiger partial charge is 0.294 e. The SMILES string of the molecule is CCC(=O)c1cnn2cc(-c3cn[nH]c3C(F)(F)F)ccc12. The summed E-state index contributed by atoms with van der Waals surface area (Å²) in [5, 5.41) is 9.46. The molecular formula is C14H11F3N4O. The first-order chi connectivity index (χ1) is 10.4. The Hall–Kier alpha value is -2.64. The quantitative estimate of drug-likeness (QED) is 0.755. The highest BCUT2D eigenvalue weighted by atomic mass is 19.4. The number of aromatic amines is 1.